The smallest absolute Gasteiger partial charge is 0.0462 e. The summed E-state index contributed by atoms with van der Waals surface area (Å²) in [6.07, 6.45) is 11.4. The lowest BCUT2D eigenvalue weighted by Gasteiger charge is -2.25. The van der Waals surface area contributed by atoms with Gasteiger partial charge in [0, 0.05) is 17.1 Å². The van der Waals surface area contributed by atoms with Gasteiger partial charge in [0.15, 0.2) is 0 Å². The highest BCUT2D eigenvalue weighted by atomic mass is 15.1. The molecule has 33 heavy (non-hydrogen) atoms. The van der Waals surface area contributed by atoms with Gasteiger partial charge in [0.1, 0.15) is 0 Å². The minimum atomic E-state index is 1.10. The van der Waals surface area contributed by atoms with Crippen LogP contribution < -0.4 is 4.90 Å². The molecule has 0 bridgehead atoms. The third-order valence-electron chi connectivity index (χ3n) is 5.88. The van der Waals surface area contributed by atoms with Gasteiger partial charge in [-0.15, -0.1) is 0 Å². The fourth-order valence-corrected chi connectivity index (χ4v) is 4.25. The summed E-state index contributed by atoms with van der Waals surface area (Å²) in [5.41, 5.74) is 8.44. The first-order chi connectivity index (χ1) is 16.4. The number of rotatable bonds is 6. The van der Waals surface area contributed by atoms with Crippen LogP contribution in [-0.2, 0) is 0 Å². The molecule has 4 aromatic carbocycles. The monoisotopic (exact) mass is 425 g/mol. The maximum absolute atomic E-state index is 2.35. The molecule has 0 atom stereocenters. The van der Waals surface area contributed by atoms with Gasteiger partial charge in [0.05, 0.1) is 0 Å². The fraction of sp³-hybridized carbons (Fsp3) is 0.0625. The van der Waals surface area contributed by atoms with Gasteiger partial charge in [0.25, 0.3) is 0 Å². The van der Waals surface area contributed by atoms with E-state index in [0.717, 1.165) is 29.9 Å². The van der Waals surface area contributed by atoms with Gasteiger partial charge in [-0.2, -0.15) is 0 Å². The van der Waals surface area contributed by atoms with E-state index in [9.17, 15) is 0 Å². The van der Waals surface area contributed by atoms with E-state index in [2.05, 4.69) is 144 Å². The number of hydrogen-bond donors (Lipinski definition) is 0. The Morgan fingerprint density at radius 3 is 1.67 bits per heavy atom. The van der Waals surface area contributed by atoms with Crippen LogP contribution in [0.5, 0.6) is 0 Å². The molecule has 0 amide bonds. The van der Waals surface area contributed by atoms with Crippen LogP contribution in [0, 0.1) is 0 Å². The molecule has 0 saturated heterocycles. The zero-order valence-corrected chi connectivity index (χ0v) is 18.6. The largest absolute Gasteiger partial charge is 0.311 e. The van der Waals surface area contributed by atoms with E-state index < -0.39 is 0 Å². The predicted octanol–water partition coefficient (Wildman–Crippen LogP) is 8.97. The van der Waals surface area contributed by atoms with Gasteiger partial charge in [-0.3, -0.25) is 0 Å². The van der Waals surface area contributed by atoms with Crippen molar-refractivity contribution in [3.63, 3.8) is 0 Å². The Kier molecular flexibility index (Phi) is 6.31. The van der Waals surface area contributed by atoms with Crippen LogP contribution in [0.25, 0.3) is 11.6 Å². The molecule has 0 N–H and O–H groups in total. The van der Waals surface area contributed by atoms with Gasteiger partial charge < -0.3 is 4.90 Å². The average molecular weight is 426 g/mol. The van der Waals surface area contributed by atoms with Crippen molar-refractivity contribution < 1.29 is 0 Å². The van der Waals surface area contributed by atoms with E-state index in [4.69, 9.17) is 0 Å². The van der Waals surface area contributed by atoms with Crippen molar-refractivity contribution in [3.8, 4) is 0 Å². The Bertz CT molecular complexity index is 1230. The molecule has 0 aromatic heterocycles. The zero-order chi connectivity index (χ0) is 22.3. The summed E-state index contributed by atoms with van der Waals surface area (Å²) < 4.78 is 0. The highest BCUT2D eigenvalue weighted by Crippen LogP contribution is 2.35. The Balaban J connectivity index is 1.53. The first-order valence-corrected chi connectivity index (χ1v) is 11.5. The highest BCUT2D eigenvalue weighted by molar-refractivity contribution is 5.93. The van der Waals surface area contributed by atoms with Crippen LogP contribution in [0.2, 0.25) is 0 Å². The van der Waals surface area contributed by atoms with Gasteiger partial charge in [-0.05, 0) is 77.6 Å². The van der Waals surface area contributed by atoms with Crippen molar-refractivity contribution in [2.75, 3.05) is 4.90 Å². The molecule has 0 spiro atoms. The molecule has 5 rings (SSSR count). The SMILES string of the molecule is C1=CC(/C(=C/c2ccc(N(c3ccccc3)c3ccccc3)cc2)c2ccccc2)=CCC1. The van der Waals surface area contributed by atoms with Crippen LogP contribution >= 0.6 is 0 Å². The maximum atomic E-state index is 2.35. The minimum absolute atomic E-state index is 1.10. The molecule has 160 valence electrons. The lowest BCUT2D eigenvalue weighted by molar-refractivity contribution is 1.03. The molecule has 0 saturated carbocycles. The quantitative estimate of drug-likeness (QED) is 0.279. The molecule has 0 fully saturated rings. The lowest BCUT2D eigenvalue weighted by atomic mass is 9.92. The summed E-state index contributed by atoms with van der Waals surface area (Å²) in [6, 6.07) is 40.6. The third-order valence-corrected chi connectivity index (χ3v) is 5.88. The van der Waals surface area contributed by atoms with Crippen molar-refractivity contribution in [2.24, 2.45) is 0 Å². The molecule has 1 heteroatoms. The van der Waals surface area contributed by atoms with E-state index in [-0.39, 0.29) is 0 Å². The first-order valence-electron chi connectivity index (χ1n) is 11.5. The van der Waals surface area contributed by atoms with Crippen LogP contribution in [0.4, 0.5) is 17.1 Å². The zero-order valence-electron chi connectivity index (χ0n) is 18.6. The number of hydrogen-bond acceptors (Lipinski definition) is 1. The lowest BCUT2D eigenvalue weighted by Crippen LogP contribution is -2.09. The maximum Gasteiger partial charge on any atom is 0.0462 e. The van der Waals surface area contributed by atoms with Crippen molar-refractivity contribution in [3.05, 3.63) is 150 Å². The molecule has 0 aliphatic heterocycles. The van der Waals surface area contributed by atoms with Crippen LogP contribution in [0.15, 0.2) is 139 Å². The Labute approximate surface area is 196 Å². The Morgan fingerprint density at radius 1 is 0.576 bits per heavy atom. The molecular weight excluding hydrogens is 398 g/mol. The molecular formula is C32H27N. The summed E-state index contributed by atoms with van der Waals surface area (Å²) in [7, 11) is 0. The minimum Gasteiger partial charge on any atom is -0.311 e. The van der Waals surface area contributed by atoms with E-state index in [1.165, 1.54) is 22.3 Å². The van der Waals surface area contributed by atoms with Crippen LogP contribution in [0.3, 0.4) is 0 Å². The van der Waals surface area contributed by atoms with Crippen molar-refractivity contribution in [1.82, 2.24) is 0 Å². The molecule has 1 aliphatic carbocycles. The second-order valence-corrected chi connectivity index (χ2v) is 8.16. The van der Waals surface area contributed by atoms with E-state index >= 15 is 0 Å². The summed E-state index contributed by atoms with van der Waals surface area (Å²) in [4.78, 5) is 2.29. The fourth-order valence-electron chi connectivity index (χ4n) is 4.25. The third kappa shape index (κ3) is 4.88. The predicted molar refractivity (Wildman–Crippen MR) is 142 cm³/mol. The van der Waals surface area contributed by atoms with Crippen molar-refractivity contribution in [1.29, 1.82) is 0 Å². The topological polar surface area (TPSA) is 3.24 Å². The van der Waals surface area contributed by atoms with Crippen LogP contribution in [-0.4, -0.2) is 0 Å². The molecule has 0 heterocycles. The molecule has 0 unspecified atom stereocenters. The number of benzene rings is 4. The molecule has 0 radical (unpaired) electrons. The number of para-hydroxylation sites is 2. The van der Waals surface area contributed by atoms with E-state index in [1.54, 1.807) is 0 Å². The van der Waals surface area contributed by atoms with Gasteiger partial charge in [0.2, 0.25) is 0 Å². The average Bonchev–Trinajstić information content (AvgIpc) is 2.91. The number of nitrogens with zero attached hydrogens (tertiary/aromatic N) is 1. The van der Waals surface area contributed by atoms with Gasteiger partial charge >= 0.3 is 0 Å². The van der Waals surface area contributed by atoms with Crippen molar-refractivity contribution >= 4 is 28.7 Å². The Hall–Kier alpha value is -4.10. The molecule has 1 aliphatic rings. The van der Waals surface area contributed by atoms with Crippen molar-refractivity contribution in [2.45, 2.75) is 12.8 Å². The molecule has 4 aromatic rings. The first kappa shape index (κ1) is 20.8. The normalized spacial score (nSPS) is 13.5. The second-order valence-electron chi connectivity index (χ2n) is 8.16. The summed E-state index contributed by atoms with van der Waals surface area (Å²) in [5, 5.41) is 0. The number of anilines is 3. The number of allylic oxidation sites excluding steroid dienone is 5. The van der Waals surface area contributed by atoms with E-state index in [0.29, 0.717) is 0 Å². The van der Waals surface area contributed by atoms with E-state index in [1.807, 2.05) is 0 Å². The van der Waals surface area contributed by atoms with Crippen LogP contribution in [0.1, 0.15) is 24.0 Å². The standard InChI is InChI=1S/C32H27N/c1-5-13-27(14-6-1)32(28-15-7-2-8-16-28)25-26-21-23-31(24-22-26)33(29-17-9-3-10-18-29)30-19-11-4-12-20-30/h1,3-7,9-25H,2,8H2/b32-25+. The second kappa shape index (κ2) is 10.0. The van der Waals surface area contributed by atoms with Gasteiger partial charge in [-0.1, -0.05) is 97.1 Å². The summed E-state index contributed by atoms with van der Waals surface area (Å²) in [5.74, 6) is 0. The summed E-state index contributed by atoms with van der Waals surface area (Å²) >= 11 is 0. The highest BCUT2D eigenvalue weighted by Gasteiger charge is 2.12. The summed E-state index contributed by atoms with van der Waals surface area (Å²) in [6.45, 7) is 0. The Morgan fingerprint density at radius 2 is 1.12 bits per heavy atom. The van der Waals surface area contributed by atoms with Gasteiger partial charge in [-0.25, -0.2) is 0 Å². The molecule has 1 nitrogen and oxygen atoms in total.